The molecule has 0 amide bonds. The topological polar surface area (TPSA) is 88.8 Å². The highest BCUT2D eigenvalue weighted by Crippen LogP contribution is 2.07. The van der Waals surface area contributed by atoms with Crippen molar-refractivity contribution in [3.05, 3.63) is 23.7 Å². The average molecular weight is 241 g/mol. The van der Waals surface area contributed by atoms with E-state index in [-0.39, 0.29) is 18.0 Å². The normalized spacial score (nSPS) is 10.2. The zero-order chi connectivity index (χ0) is 12.7. The molecule has 17 heavy (non-hydrogen) atoms. The second-order valence-electron chi connectivity index (χ2n) is 3.34. The van der Waals surface area contributed by atoms with Gasteiger partial charge >= 0.3 is 11.9 Å². The summed E-state index contributed by atoms with van der Waals surface area (Å²) in [6.07, 6.45) is 1.46. The quantitative estimate of drug-likeness (QED) is 0.547. The summed E-state index contributed by atoms with van der Waals surface area (Å²) in [6.45, 7) is 2.97. The summed E-state index contributed by atoms with van der Waals surface area (Å²) in [7, 11) is 0. The number of aromatic carboxylic acids is 1. The molecule has 0 saturated heterocycles. The fraction of sp³-hybridized carbons (Fsp3) is 0.455. The summed E-state index contributed by atoms with van der Waals surface area (Å²) < 4.78 is 9.77. The van der Waals surface area contributed by atoms with E-state index in [2.05, 4.69) is 5.32 Å². The molecule has 0 spiro atoms. The van der Waals surface area contributed by atoms with Crippen molar-refractivity contribution < 1.29 is 23.8 Å². The van der Waals surface area contributed by atoms with Gasteiger partial charge in [0.1, 0.15) is 12.0 Å². The molecule has 0 aliphatic carbocycles. The van der Waals surface area contributed by atoms with Crippen molar-refractivity contribution in [3.8, 4) is 0 Å². The van der Waals surface area contributed by atoms with Crippen LogP contribution in [0, 0.1) is 0 Å². The molecule has 2 N–H and O–H groups in total. The van der Waals surface area contributed by atoms with Crippen LogP contribution in [0.4, 0.5) is 0 Å². The van der Waals surface area contributed by atoms with E-state index in [1.807, 2.05) is 0 Å². The van der Waals surface area contributed by atoms with E-state index in [0.29, 0.717) is 25.5 Å². The number of hydrogen-bond donors (Lipinski definition) is 2. The predicted octanol–water partition coefficient (Wildman–Crippen LogP) is 1.02. The van der Waals surface area contributed by atoms with Gasteiger partial charge in [0.2, 0.25) is 0 Å². The minimum Gasteiger partial charge on any atom is -0.478 e. The number of carbonyl (C=O) groups is 2. The summed E-state index contributed by atoms with van der Waals surface area (Å²) in [5, 5.41) is 11.6. The summed E-state index contributed by atoms with van der Waals surface area (Å²) in [4.78, 5) is 21.5. The summed E-state index contributed by atoms with van der Waals surface area (Å²) in [5.41, 5.74) is 0.118. The average Bonchev–Trinajstić information content (AvgIpc) is 2.73. The van der Waals surface area contributed by atoms with Crippen molar-refractivity contribution >= 4 is 11.9 Å². The minimum absolute atomic E-state index is 0.118. The molecular weight excluding hydrogens is 226 g/mol. The second kappa shape index (κ2) is 6.70. The van der Waals surface area contributed by atoms with E-state index in [1.165, 1.54) is 12.3 Å². The van der Waals surface area contributed by atoms with Crippen molar-refractivity contribution in [3.63, 3.8) is 0 Å². The zero-order valence-electron chi connectivity index (χ0n) is 9.56. The van der Waals surface area contributed by atoms with Gasteiger partial charge in [0.05, 0.1) is 25.1 Å². The number of nitrogens with one attached hydrogen (secondary N) is 1. The third kappa shape index (κ3) is 4.69. The van der Waals surface area contributed by atoms with Gasteiger partial charge in [-0.05, 0) is 13.0 Å². The highest BCUT2D eigenvalue weighted by Gasteiger charge is 2.08. The minimum atomic E-state index is -1.02. The molecule has 1 rings (SSSR count). The van der Waals surface area contributed by atoms with Gasteiger partial charge in [-0.2, -0.15) is 0 Å². The van der Waals surface area contributed by atoms with Gasteiger partial charge in [-0.3, -0.25) is 4.79 Å². The third-order valence-electron chi connectivity index (χ3n) is 2.01. The molecular formula is C11H15NO5. The first-order chi connectivity index (χ1) is 8.13. The number of ether oxygens (including phenoxy) is 1. The molecule has 0 bridgehead atoms. The van der Waals surface area contributed by atoms with Crippen molar-refractivity contribution in [1.82, 2.24) is 5.32 Å². The number of esters is 1. The first-order valence-electron chi connectivity index (χ1n) is 5.30. The molecule has 0 aliphatic heterocycles. The maximum atomic E-state index is 11.0. The molecule has 6 heteroatoms. The lowest BCUT2D eigenvalue weighted by molar-refractivity contribution is -0.142. The van der Waals surface area contributed by atoms with Gasteiger partial charge in [-0.1, -0.05) is 0 Å². The van der Waals surface area contributed by atoms with E-state index in [1.54, 1.807) is 6.92 Å². The van der Waals surface area contributed by atoms with Crippen LogP contribution in [0.3, 0.4) is 0 Å². The van der Waals surface area contributed by atoms with Gasteiger partial charge in [0, 0.05) is 6.54 Å². The zero-order valence-corrected chi connectivity index (χ0v) is 9.56. The predicted molar refractivity (Wildman–Crippen MR) is 58.6 cm³/mol. The monoisotopic (exact) mass is 241 g/mol. The second-order valence-corrected chi connectivity index (χ2v) is 3.34. The molecule has 0 radical (unpaired) electrons. The first kappa shape index (κ1) is 13.2. The van der Waals surface area contributed by atoms with E-state index in [4.69, 9.17) is 14.3 Å². The van der Waals surface area contributed by atoms with Crippen LogP contribution in [-0.4, -0.2) is 30.2 Å². The van der Waals surface area contributed by atoms with Crippen LogP contribution in [0.15, 0.2) is 16.7 Å². The van der Waals surface area contributed by atoms with Crippen molar-refractivity contribution in [2.45, 2.75) is 19.9 Å². The molecule has 1 aromatic heterocycles. The lowest BCUT2D eigenvalue weighted by Gasteiger charge is -2.02. The molecule has 94 valence electrons. The molecule has 0 fully saturated rings. The van der Waals surface area contributed by atoms with Gasteiger partial charge in [0.15, 0.2) is 0 Å². The summed E-state index contributed by atoms with van der Waals surface area (Å²) in [5.74, 6) is -0.761. The molecule has 6 nitrogen and oxygen atoms in total. The number of rotatable bonds is 7. The van der Waals surface area contributed by atoms with Crippen molar-refractivity contribution in [1.29, 1.82) is 0 Å². The highest BCUT2D eigenvalue weighted by atomic mass is 16.5. The van der Waals surface area contributed by atoms with E-state index < -0.39 is 5.97 Å². The Labute approximate surface area is 98.6 Å². The number of hydrogen-bond acceptors (Lipinski definition) is 5. The van der Waals surface area contributed by atoms with Crippen molar-refractivity contribution in [2.24, 2.45) is 0 Å². The first-order valence-corrected chi connectivity index (χ1v) is 5.30. The molecule has 1 heterocycles. The smallest absolute Gasteiger partial charge is 0.338 e. The van der Waals surface area contributed by atoms with Crippen molar-refractivity contribution in [2.75, 3.05) is 13.2 Å². The van der Waals surface area contributed by atoms with Gasteiger partial charge in [0.25, 0.3) is 0 Å². The van der Waals surface area contributed by atoms with E-state index >= 15 is 0 Å². The van der Waals surface area contributed by atoms with Crippen LogP contribution in [0.2, 0.25) is 0 Å². The lowest BCUT2D eigenvalue weighted by Crippen LogP contribution is -2.18. The Hall–Kier alpha value is -1.82. The number of furan rings is 1. The maximum Gasteiger partial charge on any atom is 0.338 e. The summed E-state index contributed by atoms with van der Waals surface area (Å²) in [6, 6.07) is 1.44. The molecule has 0 unspecified atom stereocenters. The maximum absolute atomic E-state index is 11.0. The largest absolute Gasteiger partial charge is 0.478 e. The fourth-order valence-electron chi connectivity index (χ4n) is 1.22. The van der Waals surface area contributed by atoms with Gasteiger partial charge < -0.3 is 19.6 Å². The highest BCUT2D eigenvalue weighted by molar-refractivity contribution is 5.87. The van der Waals surface area contributed by atoms with Crippen LogP contribution in [0.5, 0.6) is 0 Å². The van der Waals surface area contributed by atoms with E-state index in [0.717, 1.165) is 0 Å². The Morgan fingerprint density at radius 3 is 2.88 bits per heavy atom. The van der Waals surface area contributed by atoms with Crippen LogP contribution < -0.4 is 5.32 Å². The Bertz CT molecular complexity index is 385. The molecule has 0 atom stereocenters. The third-order valence-corrected chi connectivity index (χ3v) is 2.01. The Balaban J connectivity index is 2.22. The number of carbonyl (C=O) groups excluding carboxylic acids is 1. The number of carboxylic acids is 1. The Morgan fingerprint density at radius 1 is 1.53 bits per heavy atom. The van der Waals surface area contributed by atoms with Gasteiger partial charge in [-0.15, -0.1) is 0 Å². The van der Waals surface area contributed by atoms with Crippen LogP contribution >= 0.6 is 0 Å². The van der Waals surface area contributed by atoms with Crippen LogP contribution in [-0.2, 0) is 16.1 Å². The summed E-state index contributed by atoms with van der Waals surface area (Å²) >= 11 is 0. The standard InChI is InChI=1S/C11H15NO5/c1-2-16-10(13)3-4-12-6-9-5-8(7-17-9)11(14)15/h5,7,12H,2-4,6H2,1H3,(H,14,15). The lowest BCUT2D eigenvalue weighted by atomic mass is 10.3. The van der Waals surface area contributed by atoms with Crippen LogP contribution in [0.25, 0.3) is 0 Å². The molecule has 0 saturated carbocycles. The molecule has 0 aliphatic rings. The van der Waals surface area contributed by atoms with Gasteiger partial charge in [-0.25, -0.2) is 4.79 Å². The Kier molecular flexibility index (Phi) is 5.22. The molecule has 0 aromatic carbocycles. The van der Waals surface area contributed by atoms with E-state index in [9.17, 15) is 9.59 Å². The molecule has 1 aromatic rings. The Morgan fingerprint density at radius 2 is 2.29 bits per heavy atom. The SMILES string of the molecule is CCOC(=O)CCNCc1cc(C(=O)O)co1. The van der Waals surface area contributed by atoms with Crippen LogP contribution in [0.1, 0.15) is 29.5 Å². The number of carboxylic acid groups (broad SMARTS) is 1. The fourth-order valence-corrected chi connectivity index (χ4v) is 1.22.